The molecular weight excluding hydrogens is 362 g/mol. The van der Waals surface area contributed by atoms with Gasteiger partial charge in [-0.1, -0.05) is 6.07 Å². The van der Waals surface area contributed by atoms with Gasteiger partial charge < -0.3 is 4.42 Å². The maximum absolute atomic E-state index is 12.4. The van der Waals surface area contributed by atoms with Gasteiger partial charge >= 0.3 is 0 Å². The van der Waals surface area contributed by atoms with E-state index in [2.05, 4.69) is 25.3 Å². The van der Waals surface area contributed by atoms with E-state index in [1.165, 1.54) is 17.5 Å². The van der Waals surface area contributed by atoms with Gasteiger partial charge in [-0.2, -0.15) is 0 Å². The molecule has 4 aromatic heterocycles. The Balaban J connectivity index is 1.51. The number of carbonyl (C=O) groups is 1. The Kier molecular flexibility index (Phi) is 4.47. The summed E-state index contributed by atoms with van der Waals surface area (Å²) in [5, 5.41) is 5.07. The highest BCUT2D eigenvalue weighted by Crippen LogP contribution is 2.26. The zero-order valence-corrected chi connectivity index (χ0v) is 15.4. The Morgan fingerprint density at radius 1 is 1.15 bits per heavy atom. The van der Waals surface area contributed by atoms with Crippen molar-refractivity contribution < 1.29 is 9.21 Å². The fourth-order valence-electron chi connectivity index (χ4n) is 2.54. The van der Waals surface area contributed by atoms with Crippen LogP contribution in [0, 0.1) is 13.8 Å². The van der Waals surface area contributed by atoms with Gasteiger partial charge in [-0.25, -0.2) is 9.97 Å². The summed E-state index contributed by atoms with van der Waals surface area (Å²) >= 11 is 1.33. The number of aromatic nitrogens is 4. The Morgan fingerprint density at radius 2 is 2.04 bits per heavy atom. The predicted octanol–water partition coefficient (Wildman–Crippen LogP) is 4.12. The Bertz CT molecular complexity index is 1120. The second kappa shape index (κ2) is 7.08. The van der Waals surface area contributed by atoms with E-state index in [0.717, 1.165) is 28.2 Å². The summed E-state index contributed by atoms with van der Waals surface area (Å²) in [6, 6.07) is 7.47. The van der Waals surface area contributed by atoms with Crippen molar-refractivity contribution in [1.82, 2.24) is 19.9 Å². The summed E-state index contributed by atoms with van der Waals surface area (Å²) in [6.07, 6.45) is 4.79. The standard InChI is InChI=1S/C19H15N5O2S/c1-11-4-3-6-21-16(11)14-10-27-19(23-14)24-17(25)15-9-22-18(26-15)13-5-7-20-12(2)8-13/h3-10H,1-2H3,(H,23,24,25). The van der Waals surface area contributed by atoms with Crippen molar-refractivity contribution in [2.75, 3.05) is 5.32 Å². The first-order valence-electron chi connectivity index (χ1n) is 8.18. The van der Waals surface area contributed by atoms with E-state index >= 15 is 0 Å². The van der Waals surface area contributed by atoms with E-state index < -0.39 is 5.91 Å². The van der Waals surface area contributed by atoms with Crippen molar-refractivity contribution in [1.29, 1.82) is 0 Å². The first kappa shape index (κ1) is 17.0. The second-order valence-corrected chi connectivity index (χ2v) is 6.73. The number of hydrogen-bond acceptors (Lipinski definition) is 7. The van der Waals surface area contributed by atoms with E-state index in [1.54, 1.807) is 18.5 Å². The molecule has 0 radical (unpaired) electrons. The third-order valence-electron chi connectivity index (χ3n) is 3.85. The highest BCUT2D eigenvalue weighted by atomic mass is 32.1. The number of hydrogen-bond donors (Lipinski definition) is 1. The molecule has 0 aliphatic heterocycles. The van der Waals surface area contributed by atoms with Crippen molar-refractivity contribution in [3.05, 3.63) is 65.3 Å². The molecule has 134 valence electrons. The van der Waals surface area contributed by atoms with Crippen LogP contribution < -0.4 is 5.32 Å². The fourth-order valence-corrected chi connectivity index (χ4v) is 3.23. The van der Waals surface area contributed by atoms with Crippen LogP contribution in [0.3, 0.4) is 0 Å². The van der Waals surface area contributed by atoms with E-state index in [0.29, 0.717) is 11.0 Å². The summed E-state index contributed by atoms with van der Waals surface area (Å²) in [6.45, 7) is 3.85. The van der Waals surface area contributed by atoms with Crippen LogP contribution in [0.2, 0.25) is 0 Å². The van der Waals surface area contributed by atoms with Crippen molar-refractivity contribution in [2.24, 2.45) is 0 Å². The lowest BCUT2D eigenvalue weighted by molar-refractivity contribution is 0.0997. The lowest BCUT2D eigenvalue weighted by atomic mass is 10.2. The van der Waals surface area contributed by atoms with Crippen molar-refractivity contribution >= 4 is 22.4 Å². The van der Waals surface area contributed by atoms with Crippen LogP contribution in [0.4, 0.5) is 5.13 Å². The van der Waals surface area contributed by atoms with Gasteiger partial charge in [0.1, 0.15) is 5.69 Å². The number of aryl methyl sites for hydroxylation is 2. The van der Waals surface area contributed by atoms with Crippen molar-refractivity contribution in [3.63, 3.8) is 0 Å². The first-order chi connectivity index (χ1) is 13.1. The van der Waals surface area contributed by atoms with Gasteiger partial charge in [-0.3, -0.25) is 20.1 Å². The topological polar surface area (TPSA) is 93.8 Å². The molecule has 0 fully saturated rings. The molecule has 0 bridgehead atoms. The number of nitrogens with zero attached hydrogens (tertiary/aromatic N) is 4. The molecule has 1 amide bonds. The van der Waals surface area contributed by atoms with Gasteiger partial charge in [-0.05, 0) is 37.6 Å². The molecule has 8 heteroatoms. The van der Waals surface area contributed by atoms with Crippen molar-refractivity contribution in [2.45, 2.75) is 13.8 Å². The number of oxazole rings is 1. The summed E-state index contributed by atoms with van der Waals surface area (Å²) < 4.78 is 5.58. The molecule has 0 unspecified atom stereocenters. The summed E-state index contributed by atoms with van der Waals surface area (Å²) in [4.78, 5) is 29.5. The largest absolute Gasteiger partial charge is 0.431 e. The van der Waals surface area contributed by atoms with E-state index in [4.69, 9.17) is 4.42 Å². The summed E-state index contributed by atoms with van der Waals surface area (Å²) in [5.74, 6) is 0.0815. The van der Waals surface area contributed by atoms with Gasteiger partial charge in [0.05, 0.1) is 11.9 Å². The van der Waals surface area contributed by atoms with Crippen LogP contribution in [-0.2, 0) is 0 Å². The van der Waals surface area contributed by atoms with E-state index in [-0.39, 0.29) is 5.76 Å². The molecule has 0 saturated carbocycles. The number of thiazole rings is 1. The average molecular weight is 377 g/mol. The lowest BCUT2D eigenvalue weighted by Gasteiger charge is -2.00. The third-order valence-corrected chi connectivity index (χ3v) is 4.61. The highest BCUT2D eigenvalue weighted by Gasteiger charge is 2.16. The van der Waals surface area contributed by atoms with E-state index in [1.807, 2.05) is 37.4 Å². The van der Waals surface area contributed by atoms with Crippen LogP contribution >= 0.6 is 11.3 Å². The van der Waals surface area contributed by atoms with Crippen LogP contribution in [0.15, 0.2) is 52.7 Å². The zero-order valence-electron chi connectivity index (χ0n) is 14.6. The molecule has 4 rings (SSSR count). The number of amides is 1. The van der Waals surface area contributed by atoms with Crippen LogP contribution in [-0.4, -0.2) is 25.8 Å². The summed E-state index contributed by atoms with van der Waals surface area (Å²) in [7, 11) is 0. The molecule has 27 heavy (non-hydrogen) atoms. The molecule has 0 aromatic carbocycles. The predicted molar refractivity (Wildman–Crippen MR) is 103 cm³/mol. The van der Waals surface area contributed by atoms with Gasteiger partial charge in [0, 0.05) is 29.0 Å². The fraction of sp³-hybridized carbons (Fsp3) is 0.105. The molecular formula is C19H15N5O2S. The molecule has 0 spiro atoms. The second-order valence-electron chi connectivity index (χ2n) is 5.88. The van der Waals surface area contributed by atoms with Gasteiger partial charge in [-0.15, -0.1) is 11.3 Å². The average Bonchev–Trinajstić information content (AvgIpc) is 3.32. The Morgan fingerprint density at radius 3 is 2.85 bits per heavy atom. The van der Waals surface area contributed by atoms with Crippen LogP contribution in [0.1, 0.15) is 21.8 Å². The zero-order chi connectivity index (χ0) is 18.8. The van der Waals surface area contributed by atoms with Gasteiger partial charge in [0.2, 0.25) is 11.7 Å². The monoisotopic (exact) mass is 377 g/mol. The minimum Gasteiger partial charge on any atom is -0.431 e. The highest BCUT2D eigenvalue weighted by molar-refractivity contribution is 7.14. The SMILES string of the molecule is Cc1cc(-c2ncc(C(=O)Nc3nc(-c4ncccc4C)cs3)o2)ccn1. The Hall–Kier alpha value is -3.39. The molecule has 4 aromatic rings. The molecule has 0 atom stereocenters. The lowest BCUT2D eigenvalue weighted by Crippen LogP contribution is -2.10. The molecule has 0 saturated heterocycles. The normalized spacial score (nSPS) is 10.7. The smallest absolute Gasteiger partial charge is 0.294 e. The molecule has 4 heterocycles. The Labute approximate surface area is 159 Å². The molecule has 1 N–H and O–H groups in total. The van der Waals surface area contributed by atoms with Crippen molar-refractivity contribution in [3.8, 4) is 22.8 Å². The quantitative estimate of drug-likeness (QED) is 0.575. The van der Waals surface area contributed by atoms with Gasteiger partial charge in [0.15, 0.2) is 5.13 Å². The minimum absolute atomic E-state index is 0.116. The van der Waals surface area contributed by atoms with Gasteiger partial charge in [0.25, 0.3) is 5.91 Å². The van der Waals surface area contributed by atoms with E-state index in [9.17, 15) is 4.79 Å². The minimum atomic E-state index is -0.404. The first-order valence-corrected chi connectivity index (χ1v) is 9.06. The number of anilines is 1. The maximum Gasteiger partial charge on any atom is 0.294 e. The molecule has 0 aliphatic rings. The molecule has 0 aliphatic carbocycles. The molecule has 7 nitrogen and oxygen atoms in total. The summed E-state index contributed by atoms with van der Waals surface area (Å²) in [5.41, 5.74) is 4.15. The third kappa shape index (κ3) is 3.61. The number of carbonyl (C=O) groups excluding carboxylic acids is 1. The number of nitrogens with one attached hydrogen (secondary N) is 1. The van der Waals surface area contributed by atoms with Crippen LogP contribution in [0.25, 0.3) is 22.8 Å². The maximum atomic E-state index is 12.4. The van der Waals surface area contributed by atoms with Crippen LogP contribution in [0.5, 0.6) is 0 Å². The number of pyridine rings is 2. The number of rotatable bonds is 4.